The first-order chi connectivity index (χ1) is 39.5. The second kappa shape index (κ2) is 24.2. The van der Waals surface area contributed by atoms with Crippen molar-refractivity contribution in [1.29, 1.82) is 0 Å². The molecule has 26 nitrogen and oxygen atoms in total. The Bertz CT molecular complexity index is 3050. The van der Waals surface area contributed by atoms with Gasteiger partial charge < -0.3 is 119 Å². The van der Waals surface area contributed by atoms with Crippen molar-refractivity contribution in [2.45, 2.75) is 123 Å². The number of nitrogens with zero attached hydrogens (tertiary/aromatic N) is 2. The molecule has 0 amide bonds. The summed E-state index contributed by atoms with van der Waals surface area (Å²) >= 11 is 0. The first-order valence-corrected chi connectivity index (χ1v) is 26.4. The molecule has 3 aromatic heterocycles. The molecule has 438 valence electrons. The average molecular weight is 1140 g/mol. The first-order valence-electron chi connectivity index (χ1n) is 26.4. The van der Waals surface area contributed by atoms with Crippen molar-refractivity contribution < 1.29 is 109 Å². The number of ether oxygens (including phenoxy) is 8. The molecule has 4 saturated heterocycles. The number of benzene rings is 2. The van der Waals surface area contributed by atoms with Gasteiger partial charge in [-0.25, -0.2) is 9.97 Å². The third-order valence-corrected chi connectivity index (χ3v) is 15.1. The second-order valence-corrected chi connectivity index (χ2v) is 20.5. The Hall–Kier alpha value is -6.16. The molecule has 6 aliphatic rings. The van der Waals surface area contributed by atoms with Crippen molar-refractivity contribution in [3.8, 4) is 33.8 Å². The van der Waals surface area contributed by atoms with Gasteiger partial charge in [-0.3, -0.25) is 0 Å². The van der Waals surface area contributed by atoms with Crippen molar-refractivity contribution in [2.24, 2.45) is 0 Å². The van der Waals surface area contributed by atoms with Gasteiger partial charge in [-0.15, -0.1) is 0 Å². The van der Waals surface area contributed by atoms with E-state index in [0.29, 0.717) is 44.9 Å². The van der Waals surface area contributed by atoms with Gasteiger partial charge >= 0.3 is 0 Å². The zero-order chi connectivity index (χ0) is 57.7. The highest BCUT2D eigenvalue weighted by atomic mass is 16.8. The lowest BCUT2D eigenvalue weighted by Crippen LogP contribution is -2.65. The van der Waals surface area contributed by atoms with Gasteiger partial charge in [0.15, 0.2) is 12.6 Å². The molecule has 26 heteroatoms. The number of hydrogen-bond acceptors (Lipinski definition) is 24. The van der Waals surface area contributed by atoms with Crippen LogP contribution in [0.5, 0.6) is 11.5 Å². The summed E-state index contributed by atoms with van der Waals surface area (Å²) in [7, 11) is 0. The minimum absolute atomic E-state index is 0.220. The standard InChI is InChI=1S/C56H62N4O22/c61-19-35-41(65)43(67)47(71)55(77-35)81-51-37(21-63)79-53(49(73)45(51)69)75-29-9-1-23(2-10-29)39-31-13-5-25(57-31)17-27-7-15-33(59-27)40(34-16-8-28(60-34)18-26-6-14-32(39)58-26)24-3-11-30(12-4-24)76-54-50(74)46(70)52(38(22-64)80-54)82-56-48(72)44(68)42(66)36(20-62)78-56/h1-18,35-38,41-57,60-74H,19-22H2/t35-,36-,37-,38-,41+,42+,43+,44+,45-,46-,47-,48-,49-,50-,51-,52-,53-,54-,55+,56+/m1/s1. The predicted octanol–water partition coefficient (Wildman–Crippen LogP) is -2.00. The lowest BCUT2D eigenvalue weighted by molar-refractivity contribution is -0.352. The Balaban J connectivity index is 0.823. The molecule has 11 rings (SSSR count). The molecule has 5 aromatic rings. The Labute approximate surface area is 465 Å². The Morgan fingerprint density at radius 1 is 0.378 bits per heavy atom. The van der Waals surface area contributed by atoms with E-state index in [9.17, 15) is 71.5 Å². The van der Waals surface area contributed by atoms with E-state index in [1.165, 1.54) is 0 Å². The third kappa shape index (κ3) is 11.3. The summed E-state index contributed by atoms with van der Waals surface area (Å²) in [4.78, 5) is 17.0. The zero-order valence-corrected chi connectivity index (χ0v) is 43.2. The highest BCUT2D eigenvalue weighted by molar-refractivity contribution is 5.93. The van der Waals surface area contributed by atoms with E-state index in [1.54, 1.807) is 48.5 Å². The summed E-state index contributed by atoms with van der Waals surface area (Å²) in [6.07, 6.45) is -24.7. The van der Waals surface area contributed by atoms with Crippen LogP contribution in [-0.4, -0.2) is 241 Å². The van der Waals surface area contributed by atoms with Crippen LogP contribution in [0.4, 0.5) is 0 Å². The fraction of sp³-hybridized carbons (Fsp3) is 0.429. The van der Waals surface area contributed by atoms with E-state index >= 15 is 0 Å². The summed E-state index contributed by atoms with van der Waals surface area (Å²) < 4.78 is 45.8. The van der Waals surface area contributed by atoms with Crippen LogP contribution in [0.15, 0.2) is 84.9 Å². The monoisotopic (exact) mass is 1140 g/mol. The van der Waals surface area contributed by atoms with Crippen LogP contribution in [-0.2, 0) is 28.4 Å². The summed E-state index contributed by atoms with van der Waals surface area (Å²) in [5.74, 6) is 0.440. The first kappa shape index (κ1) is 57.6. The molecule has 16 N–H and O–H groups in total. The van der Waals surface area contributed by atoms with Crippen LogP contribution < -0.4 is 9.47 Å². The average Bonchev–Trinajstić information content (AvgIpc) is 4.48. The van der Waals surface area contributed by atoms with Gasteiger partial charge in [-0.2, -0.15) is 0 Å². The number of aromatic nitrogens is 4. The molecular weight excluding hydrogens is 1080 g/mol. The molecular formula is C56H62N4O22. The fourth-order valence-electron chi connectivity index (χ4n) is 10.7. The van der Waals surface area contributed by atoms with Crippen LogP contribution >= 0.6 is 0 Å². The number of rotatable bonds is 14. The molecule has 0 saturated carbocycles. The van der Waals surface area contributed by atoms with Crippen molar-refractivity contribution >= 4 is 46.4 Å². The Morgan fingerprint density at radius 3 is 1.10 bits per heavy atom. The predicted molar refractivity (Wildman–Crippen MR) is 284 cm³/mol. The molecule has 9 heterocycles. The van der Waals surface area contributed by atoms with E-state index in [0.717, 1.165) is 22.2 Å². The maximum atomic E-state index is 11.2. The van der Waals surface area contributed by atoms with Crippen LogP contribution in [0.25, 0.3) is 68.6 Å². The second-order valence-electron chi connectivity index (χ2n) is 20.5. The SMILES string of the molecule is OC[C@H]1O[C@@H](O[C@H]2[C@H](O)[C@@H](O)[C@H](Oc3ccc(-c4c5nc(cc6ccc([nH]6)c(-c6ccc(O[C@@H]7O[C@H](CO)[C@@H](O[C@@H]8O[C@H](CO)[C@H](O)[C@H](O)[C@H]8O)[C@H](O)[C@H]7O)cc6)c6nc(cc7ccc4[nH]7)C=C6)C=C5)cc3)O[C@@H]2CO)[C@H](O)[C@@H](O)[C@H]1O. The lowest BCUT2D eigenvalue weighted by atomic mass is 9.97. The lowest BCUT2D eigenvalue weighted by Gasteiger charge is -2.45. The van der Waals surface area contributed by atoms with E-state index in [4.69, 9.17) is 47.9 Å². The van der Waals surface area contributed by atoms with Crippen molar-refractivity contribution in [2.75, 3.05) is 26.4 Å². The summed E-state index contributed by atoms with van der Waals surface area (Å²) in [5.41, 5.74) is 8.23. The van der Waals surface area contributed by atoms with Gasteiger partial charge in [0.2, 0.25) is 12.6 Å². The Morgan fingerprint density at radius 2 is 0.732 bits per heavy atom. The van der Waals surface area contributed by atoms with Crippen molar-refractivity contribution in [3.63, 3.8) is 0 Å². The quantitative estimate of drug-likeness (QED) is 0.0560. The molecule has 0 radical (unpaired) electrons. The third-order valence-electron chi connectivity index (χ3n) is 15.1. The maximum Gasteiger partial charge on any atom is 0.229 e. The number of aromatic amines is 2. The molecule has 0 spiro atoms. The zero-order valence-electron chi connectivity index (χ0n) is 43.2. The molecule has 20 atom stereocenters. The Kier molecular flexibility index (Phi) is 17.0. The van der Waals surface area contributed by atoms with Crippen molar-refractivity contribution in [3.05, 3.63) is 108 Å². The number of hydrogen-bond donors (Lipinski definition) is 16. The number of aliphatic hydroxyl groups is 14. The normalized spacial score (nSPS) is 34.7. The van der Waals surface area contributed by atoms with E-state index < -0.39 is 149 Å². The van der Waals surface area contributed by atoms with E-state index in [1.807, 2.05) is 60.7 Å². The number of aliphatic hydroxyl groups excluding tert-OH is 14. The highest BCUT2D eigenvalue weighted by Gasteiger charge is 2.53. The molecule has 4 fully saturated rings. The van der Waals surface area contributed by atoms with Gasteiger partial charge in [-0.05, 0) is 96.1 Å². The molecule has 0 aliphatic carbocycles. The highest BCUT2D eigenvalue weighted by Crippen LogP contribution is 2.37. The van der Waals surface area contributed by atoms with Gasteiger partial charge in [-0.1, -0.05) is 24.3 Å². The van der Waals surface area contributed by atoms with Gasteiger partial charge in [0, 0.05) is 33.2 Å². The molecule has 0 unspecified atom stereocenters. The number of nitrogens with one attached hydrogen (secondary N) is 2. The molecule has 6 aliphatic heterocycles. The van der Waals surface area contributed by atoms with Crippen LogP contribution in [0, 0.1) is 0 Å². The van der Waals surface area contributed by atoms with E-state index in [2.05, 4.69) is 9.97 Å². The van der Waals surface area contributed by atoms with Crippen LogP contribution in [0.1, 0.15) is 22.8 Å². The van der Waals surface area contributed by atoms with Crippen LogP contribution in [0.3, 0.4) is 0 Å². The van der Waals surface area contributed by atoms with Crippen LogP contribution in [0.2, 0.25) is 0 Å². The van der Waals surface area contributed by atoms with Gasteiger partial charge in [0.25, 0.3) is 0 Å². The molecule has 2 aromatic carbocycles. The number of fused-ring (bicyclic) bond motifs is 8. The van der Waals surface area contributed by atoms with Crippen molar-refractivity contribution in [1.82, 2.24) is 19.9 Å². The smallest absolute Gasteiger partial charge is 0.229 e. The molecule has 8 bridgehead atoms. The summed E-state index contributed by atoms with van der Waals surface area (Å²) in [6.45, 7) is -2.92. The fourth-order valence-corrected chi connectivity index (χ4v) is 10.7. The summed E-state index contributed by atoms with van der Waals surface area (Å²) in [5, 5.41) is 146. The van der Waals surface area contributed by atoms with Gasteiger partial charge in [0.1, 0.15) is 109 Å². The van der Waals surface area contributed by atoms with Gasteiger partial charge in [0.05, 0.1) is 49.2 Å². The minimum atomic E-state index is -1.81. The van der Waals surface area contributed by atoms with E-state index in [-0.39, 0.29) is 11.5 Å². The maximum absolute atomic E-state index is 11.2. The topological polar surface area (TPSA) is 414 Å². The largest absolute Gasteiger partial charge is 0.462 e. The molecule has 82 heavy (non-hydrogen) atoms. The number of H-pyrrole nitrogens is 2. The minimum Gasteiger partial charge on any atom is -0.462 e. The summed E-state index contributed by atoms with van der Waals surface area (Å²) in [6, 6.07) is 25.0.